The molecule has 6 nitrogen and oxygen atoms in total. The lowest BCUT2D eigenvalue weighted by Gasteiger charge is -1.99. The molecule has 0 fully saturated rings. The summed E-state index contributed by atoms with van der Waals surface area (Å²) in [5, 5.41) is 11.1. The molecule has 0 aliphatic heterocycles. The number of nitrogens with zero attached hydrogens (tertiary/aromatic N) is 1. The molecule has 4 N–H and O–H groups in total. The van der Waals surface area contributed by atoms with Crippen LogP contribution < -0.4 is 11.1 Å². The lowest BCUT2D eigenvalue weighted by molar-refractivity contribution is 0.0946. The van der Waals surface area contributed by atoms with Gasteiger partial charge in [-0.3, -0.25) is 4.79 Å². The minimum atomic E-state index is -0.296. The molecule has 0 bridgehead atoms. The molecular formula is C9H15N3O3. The molecule has 15 heavy (non-hydrogen) atoms. The summed E-state index contributed by atoms with van der Waals surface area (Å²) in [7, 11) is 0. The van der Waals surface area contributed by atoms with E-state index < -0.39 is 0 Å². The third kappa shape index (κ3) is 3.69. The average Bonchev–Trinajstić information content (AvgIpc) is 2.67. The maximum Gasteiger partial charge on any atom is 0.273 e. The van der Waals surface area contributed by atoms with E-state index in [4.69, 9.17) is 15.3 Å². The maximum absolute atomic E-state index is 11.4. The molecule has 1 amide bonds. The molecule has 0 atom stereocenters. The van der Waals surface area contributed by atoms with Crippen molar-refractivity contribution >= 4 is 5.91 Å². The third-order valence-corrected chi connectivity index (χ3v) is 1.76. The van der Waals surface area contributed by atoms with Crippen LogP contribution in [-0.2, 0) is 6.42 Å². The van der Waals surface area contributed by atoms with Crippen LogP contribution in [0.4, 0.5) is 0 Å². The van der Waals surface area contributed by atoms with Gasteiger partial charge in [0.25, 0.3) is 5.91 Å². The quantitative estimate of drug-likeness (QED) is 0.542. The van der Waals surface area contributed by atoms with Crippen LogP contribution in [0.15, 0.2) is 10.7 Å². The number of nitrogens with one attached hydrogen (secondary N) is 1. The van der Waals surface area contributed by atoms with Gasteiger partial charge in [0.1, 0.15) is 6.26 Å². The van der Waals surface area contributed by atoms with Gasteiger partial charge < -0.3 is 20.6 Å². The first-order valence-electron chi connectivity index (χ1n) is 4.81. The van der Waals surface area contributed by atoms with Gasteiger partial charge in [-0.05, 0) is 6.42 Å². The van der Waals surface area contributed by atoms with Crippen LogP contribution in [0.3, 0.4) is 0 Å². The van der Waals surface area contributed by atoms with E-state index in [1.54, 1.807) is 0 Å². The van der Waals surface area contributed by atoms with Crippen molar-refractivity contribution in [3.8, 4) is 0 Å². The van der Waals surface area contributed by atoms with Crippen LogP contribution in [0.25, 0.3) is 0 Å². The molecule has 1 rings (SSSR count). The fraction of sp³-hybridized carbons (Fsp3) is 0.556. The van der Waals surface area contributed by atoms with Gasteiger partial charge in [-0.2, -0.15) is 0 Å². The predicted molar refractivity (Wildman–Crippen MR) is 53.3 cm³/mol. The molecule has 0 aromatic carbocycles. The molecule has 0 aliphatic rings. The largest absolute Gasteiger partial charge is 0.448 e. The summed E-state index contributed by atoms with van der Waals surface area (Å²) in [5.74, 6) is 0.167. The number of rotatable bonds is 6. The van der Waals surface area contributed by atoms with Crippen molar-refractivity contribution in [2.75, 3.05) is 19.7 Å². The highest BCUT2D eigenvalue weighted by Gasteiger charge is 2.10. The van der Waals surface area contributed by atoms with Crippen LogP contribution in [0, 0.1) is 0 Å². The number of oxazole rings is 1. The first-order chi connectivity index (χ1) is 7.27. The second-order valence-corrected chi connectivity index (χ2v) is 3.00. The van der Waals surface area contributed by atoms with Gasteiger partial charge in [-0.25, -0.2) is 4.98 Å². The number of nitrogens with two attached hydrogens (primary N) is 1. The number of amides is 1. The number of carbonyl (C=O) groups excluding carboxylic acids is 1. The van der Waals surface area contributed by atoms with Crippen molar-refractivity contribution in [3.05, 3.63) is 17.8 Å². The zero-order valence-corrected chi connectivity index (χ0v) is 8.40. The van der Waals surface area contributed by atoms with E-state index in [1.807, 2.05) is 0 Å². The fourth-order valence-corrected chi connectivity index (χ4v) is 1.03. The monoisotopic (exact) mass is 213 g/mol. The normalized spacial score (nSPS) is 10.3. The van der Waals surface area contributed by atoms with E-state index in [2.05, 4.69) is 10.3 Å². The Morgan fingerprint density at radius 3 is 3.13 bits per heavy atom. The second-order valence-electron chi connectivity index (χ2n) is 3.00. The number of hydrogen-bond acceptors (Lipinski definition) is 5. The van der Waals surface area contributed by atoms with E-state index in [0.717, 1.165) is 0 Å². The molecule has 0 radical (unpaired) electrons. The van der Waals surface area contributed by atoms with Crippen LogP contribution in [-0.4, -0.2) is 35.7 Å². The van der Waals surface area contributed by atoms with Gasteiger partial charge in [-0.15, -0.1) is 0 Å². The molecule has 84 valence electrons. The van der Waals surface area contributed by atoms with Gasteiger partial charge in [0.15, 0.2) is 11.6 Å². The van der Waals surface area contributed by atoms with Crippen molar-refractivity contribution in [1.29, 1.82) is 0 Å². The summed E-state index contributed by atoms with van der Waals surface area (Å²) < 4.78 is 5.03. The van der Waals surface area contributed by atoms with E-state index in [9.17, 15) is 4.79 Å². The Labute approximate surface area is 87.5 Å². The smallest absolute Gasteiger partial charge is 0.273 e. The third-order valence-electron chi connectivity index (χ3n) is 1.76. The van der Waals surface area contributed by atoms with Gasteiger partial charge in [0.05, 0.1) is 0 Å². The van der Waals surface area contributed by atoms with Crippen molar-refractivity contribution in [1.82, 2.24) is 10.3 Å². The van der Waals surface area contributed by atoms with Crippen LogP contribution >= 0.6 is 0 Å². The molecule has 1 aromatic heterocycles. The zero-order chi connectivity index (χ0) is 11.1. The minimum Gasteiger partial charge on any atom is -0.448 e. The summed E-state index contributed by atoms with van der Waals surface area (Å²) in [5.41, 5.74) is 5.56. The molecule has 0 spiro atoms. The highest BCUT2D eigenvalue weighted by Crippen LogP contribution is 2.01. The van der Waals surface area contributed by atoms with Crippen LogP contribution in [0.1, 0.15) is 22.8 Å². The molecule has 0 aliphatic carbocycles. The molecule has 6 heteroatoms. The summed E-state index contributed by atoms with van der Waals surface area (Å²) >= 11 is 0. The van der Waals surface area contributed by atoms with E-state index in [-0.39, 0.29) is 18.2 Å². The second kappa shape index (κ2) is 6.15. The zero-order valence-electron chi connectivity index (χ0n) is 8.40. The molecule has 1 heterocycles. The minimum absolute atomic E-state index is 0.0531. The van der Waals surface area contributed by atoms with Crippen LogP contribution in [0.5, 0.6) is 0 Å². The predicted octanol–water partition coefficient (Wildman–Crippen LogP) is -0.712. The number of carbonyl (C=O) groups is 1. The standard InChI is InChI=1S/C9H15N3O3/c10-3-2-8-12-7(6-15-8)9(14)11-4-1-5-13/h6,13H,1-5,10H2,(H,11,14). The summed E-state index contributed by atoms with van der Waals surface area (Å²) in [4.78, 5) is 15.3. The molecule has 0 unspecified atom stereocenters. The van der Waals surface area contributed by atoms with Gasteiger partial charge in [-0.1, -0.05) is 0 Å². The van der Waals surface area contributed by atoms with E-state index >= 15 is 0 Å². The summed E-state index contributed by atoms with van der Waals surface area (Å²) in [6, 6.07) is 0. The lowest BCUT2D eigenvalue weighted by atomic mass is 10.4. The van der Waals surface area contributed by atoms with Crippen molar-refractivity contribution in [3.63, 3.8) is 0 Å². The van der Waals surface area contributed by atoms with E-state index in [0.29, 0.717) is 31.8 Å². The molecule has 0 saturated heterocycles. The van der Waals surface area contributed by atoms with Crippen molar-refractivity contribution < 1.29 is 14.3 Å². The maximum atomic E-state index is 11.4. The van der Waals surface area contributed by atoms with E-state index in [1.165, 1.54) is 6.26 Å². The Hall–Kier alpha value is -1.40. The first kappa shape index (κ1) is 11.7. The van der Waals surface area contributed by atoms with Gasteiger partial charge >= 0.3 is 0 Å². The average molecular weight is 213 g/mol. The van der Waals surface area contributed by atoms with Crippen LogP contribution in [0.2, 0.25) is 0 Å². The Bertz CT molecular complexity index is 311. The van der Waals surface area contributed by atoms with Gasteiger partial charge in [0.2, 0.25) is 0 Å². The Morgan fingerprint density at radius 2 is 2.47 bits per heavy atom. The Balaban J connectivity index is 2.43. The number of aliphatic hydroxyl groups is 1. The summed E-state index contributed by atoms with van der Waals surface area (Å²) in [6.45, 7) is 0.915. The fourth-order valence-electron chi connectivity index (χ4n) is 1.03. The summed E-state index contributed by atoms with van der Waals surface area (Å²) in [6.07, 6.45) is 2.35. The molecular weight excluding hydrogens is 198 g/mol. The number of aromatic nitrogens is 1. The van der Waals surface area contributed by atoms with Crippen molar-refractivity contribution in [2.45, 2.75) is 12.8 Å². The molecule has 0 saturated carbocycles. The first-order valence-corrected chi connectivity index (χ1v) is 4.81. The highest BCUT2D eigenvalue weighted by molar-refractivity contribution is 5.91. The number of aliphatic hydroxyl groups excluding tert-OH is 1. The SMILES string of the molecule is NCCc1nc(C(=O)NCCCO)co1. The topological polar surface area (TPSA) is 101 Å². The Morgan fingerprint density at radius 1 is 1.67 bits per heavy atom. The number of hydrogen-bond donors (Lipinski definition) is 3. The Kier molecular flexibility index (Phi) is 4.79. The lowest BCUT2D eigenvalue weighted by Crippen LogP contribution is -2.25. The van der Waals surface area contributed by atoms with Crippen molar-refractivity contribution in [2.24, 2.45) is 5.73 Å². The van der Waals surface area contributed by atoms with Gasteiger partial charge in [0, 0.05) is 26.1 Å². The highest BCUT2D eigenvalue weighted by atomic mass is 16.3. The molecule has 1 aromatic rings.